The van der Waals surface area contributed by atoms with Crippen molar-refractivity contribution in [2.45, 2.75) is 16.7 Å². The van der Waals surface area contributed by atoms with Crippen LogP contribution >= 0.6 is 11.8 Å². The lowest BCUT2D eigenvalue weighted by Crippen LogP contribution is -2.40. The number of rotatable bonds is 9. The highest BCUT2D eigenvalue weighted by Crippen LogP contribution is 2.66. The van der Waals surface area contributed by atoms with Crippen LogP contribution in [0.3, 0.4) is 0 Å². The lowest BCUT2D eigenvalue weighted by molar-refractivity contribution is 0.143. The van der Waals surface area contributed by atoms with Crippen molar-refractivity contribution in [1.82, 2.24) is 15.0 Å². The summed E-state index contributed by atoms with van der Waals surface area (Å²) in [4.78, 5) is 17.4. The van der Waals surface area contributed by atoms with Crippen LogP contribution in [0.2, 0.25) is 0 Å². The van der Waals surface area contributed by atoms with Gasteiger partial charge in [-0.05, 0) is 30.7 Å². The second-order valence-electron chi connectivity index (χ2n) is 8.46. The van der Waals surface area contributed by atoms with E-state index < -0.39 is 35.4 Å². The first-order valence-electron chi connectivity index (χ1n) is 10.9. The molecule has 1 saturated carbocycles. The van der Waals surface area contributed by atoms with Crippen LogP contribution < -0.4 is 15.8 Å². The van der Waals surface area contributed by atoms with Gasteiger partial charge in [-0.15, -0.1) is 0 Å². The Morgan fingerprint density at radius 3 is 2.83 bits per heavy atom. The Hall–Kier alpha value is -3.12. The molecule has 8 nitrogen and oxygen atoms in total. The highest BCUT2D eigenvalue weighted by molar-refractivity contribution is 8.15. The Labute approximate surface area is 203 Å². The molecule has 3 atom stereocenters. The van der Waals surface area contributed by atoms with Crippen LogP contribution in [0.5, 0.6) is 5.88 Å². The standard InChI is InChI=1S/C23H23F3N6O2S/c1-33-6-7-34-18-10-29-19-16(31-18)4-5-28-20(19)30-13-2-3-15(26)14(8-13)23(12-25)17-9-22(17,11-24)35-21(27)32-23/h2-5,8,10,17H,6-7,9,11-12H2,1H3,(H2,27,32)(H,28,30)/t17?,22-,23-/m1/s1. The maximum Gasteiger partial charge on any atom is 0.232 e. The smallest absolute Gasteiger partial charge is 0.232 e. The van der Waals surface area contributed by atoms with Gasteiger partial charge in [-0.1, -0.05) is 11.8 Å². The van der Waals surface area contributed by atoms with Gasteiger partial charge in [0, 0.05) is 30.5 Å². The largest absolute Gasteiger partial charge is 0.474 e. The SMILES string of the molecule is COCCOc1cnc2c(Nc3ccc(F)c([C@@]4(CF)N=C(N)S[C@@]5(CF)CC54)c3)nccc2n1. The van der Waals surface area contributed by atoms with Crippen LogP contribution in [-0.4, -0.2) is 58.5 Å². The third-order valence-electron chi connectivity index (χ3n) is 6.32. The lowest BCUT2D eigenvalue weighted by atomic mass is 9.84. The molecule has 12 heteroatoms. The van der Waals surface area contributed by atoms with Crippen LogP contribution in [-0.2, 0) is 10.3 Å². The molecule has 0 radical (unpaired) electrons. The minimum atomic E-state index is -1.58. The molecule has 2 aromatic heterocycles. The van der Waals surface area contributed by atoms with Crippen LogP contribution in [0.4, 0.5) is 24.7 Å². The van der Waals surface area contributed by atoms with E-state index in [0.717, 1.165) is 11.8 Å². The predicted octanol–water partition coefficient (Wildman–Crippen LogP) is 3.89. The van der Waals surface area contributed by atoms with Crippen molar-refractivity contribution in [2.75, 3.05) is 39.0 Å². The average molecular weight is 505 g/mol. The van der Waals surface area contributed by atoms with Crippen molar-refractivity contribution in [2.24, 2.45) is 16.6 Å². The molecule has 1 aliphatic heterocycles. The molecule has 35 heavy (non-hydrogen) atoms. The summed E-state index contributed by atoms with van der Waals surface area (Å²) in [5.41, 5.74) is 5.81. The highest BCUT2D eigenvalue weighted by Gasteiger charge is 2.68. The fraction of sp³-hybridized carbons (Fsp3) is 0.391. The molecular formula is C23H23F3N6O2S. The number of nitrogens with zero attached hydrogens (tertiary/aromatic N) is 4. The first kappa shape index (κ1) is 23.6. The fourth-order valence-corrected chi connectivity index (χ4v) is 5.78. The van der Waals surface area contributed by atoms with Gasteiger partial charge in [-0.2, -0.15) is 0 Å². The van der Waals surface area contributed by atoms with Crippen molar-refractivity contribution in [1.29, 1.82) is 0 Å². The summed E-state index contributed by atoms with van der Waals surface area (Å²) in [6, 6.07) is 5.88. The van der Waals surface area contributed by atoms with Crippen LogP contribution in [0.15, 0.2) is 41.7 Å². The van der Waals surface area contributed by atoms with Gasteiger partial charge in [0.1, 0.15) is 36.8 Å². The van der Waals surface area contributed by atoms with Crippen molar-refractivity contribution >= 4 is 39.5 Å². The summed E-state index contributed by atoms with van der Waals surface area (Å²) in [5.74, 6) is -0.422. The van der Waals surface area contributed by atoms with Gasteiger partial charge in [0.15, 0.2) is 11.0 Å². The molecule has 1 aliphatic carbocycles. The van der Waals surface area contributed by atoms with Crippen LogP contribution in [0.25, 0.3) is 11.0 Å². The normalized spacial score (nSPS) is 25.1. The average Bonchev–Trinajstić information content (AvgIpc) is 3.60. The number of aliphatic imine (C=N–C) groups is 1. The molecule has 1 fully saturated rings. The number of hydrogen-bond donors (Lipinski definition) is 2. The van der Waals surface area contributed by atoms with Gasteiger partial charge in [0.25, 0.3) is 0 Å². The number of methoxy groups -OCH3 is 1. The van der Waals surface area contributed by atoms with E-state index in [9.17, 15) is 8.78 Å². The molecule has 184 valence electrons. The number of halogens is 3. The Morgan fingerprint density at radius 1 is 1.20 bits per heavy atom. The number of aromatic nitrogens is 3. The highest BCUT2D eigenvalue weighted by atomic mass is 32.2. The third-order valence-corrected chi connectivity index (χ3v) is 7.59. The quantitative estimate of drug-likeness (QED) is 0.423. The van der Waals surface area contributed by atoms with Gasteiger partial charge < -0.3 is 20.5 Å². The Kier molecular flexibility index (Phi) is 6.18. The summed E-state index contributed by atoms with van der Waals surface area (Å²) < 4.78 is 53.0. The van der Waals surface area contributed by atoms with E-state index in [1.165, 1.54) is 24.4 Å². The summed E-state index contributed by atoms with van der Waals surface area (Å²) in [6.45, 7) is -0.934. The second-order valence-corrected chi connectivity index (χ2v) is 9.90. The number of anilines is 2. The van der Waals surface area contributed by atoms with Crippen LogP contribution in [0.1, 0.15) is 12.0 Å². The van der Waals surface area contributed by atoms with Crippen LogP contribution in [0, 0.1) is 11.7 Å². The predicted molar refractivity (Wildman–Crippen MR) is 128 cm³/mol. The van der Waals surface area contributed by atoms with Gasteiger partial charge in [-0.25, -0.2) is 33.1 Å². The molecule has 0 bridgehead atoms. The van der Waals surface area contributed by atoms with E-state index in [0.29, 0.717) is 48.1 Å². The first-order valence-corrected chi connectivity index (χ1v) is 11.7. The molecule has 1 aromatic carbocycles. The van der Waals surface area contributed by atoms with Crippen molar-refractivity contribution in [3.63, 3.8) is 0 Å². The molecule has 1 unspecified atom stereocenters. The van der Waals surface area contributed by atoms with Crippen molar-refractivity contribution in [3.05, 3.63) is 48.0 Å². The molecule has 0 saturated heterocycles. The number of fused-ring (bicyclic) bond motifs is 2. The Balaban J connectivity index is 1.48. The van der Waals surface area contributed by atoms with Gasteiger partial charge in [0.2, 0.25) is 5.88 Å². The Morgan fingerprint density at radius 2 is 2.06 bits per heavy atom. The monoisotopic (exact) mass is 504 g/mol. The number of benzene rings is 1. The molecule has 2 aliphatic rings. The lowest BCUT2D eigenvalue weighted by Gasteiger charge is -2.34. The maximum absolute atomic E-state index is 15.0. The fourth-order valence-electron chi connectivity index (χ4n) is 4.52. The van der Waals surface area contributed by atoms with Gasteiger partial charge >= 0.3 is 0 Å². The zero-order valence-electron chi connectivity index (χ0n) is 18.8. The molecule has 3 N–H and O–H groups in total. The molecular weight excluding hydrogens is 481 g/mol. The minimum absolute atomic E-state index is 0.0220. The molecule has 0 spiro atoms. The van der Waals surface area contributed by atoms with E-state index in [-0.39, 0.29) is 10.7 Å². The molecule has 0 amide bonds. The van der Waals surface area contributed by atoms with Gasteiger partial charge in [-0.3, -0.25) is 0 Å². The Bertz CT molecular complexity index is 1300. The van der Waals surface area contributed by atoms with Gasteiger partial charge in [0.05, 0.1) is 23.1 Å². The summed E-state index contributed by atoms with van der Waals surface area (Å²) in [6.07, 6.45) is 3.39. The first-order chi connectivity index (χ1) is 16.9. The van der Waals surface area contributed by atoms with E-state index in [4.69, 9.17) is 15.2 Å². The topological polar surface area (TPSA) is 108 Å². The zero-order chi connectivity index (χ0) is 24.6. The van der Waals surface area contributed by atoms with E-state index in [1.807, 2.05) is 0 Å². The number of ether oxygens (including phenoxy) is 2. The van der Waals surface area contributed by atoms with Crippen molar-refractivity contribution < 1.29 is 22.6 Å². The zero-order valence-corrected chi connectivity index (χ0v) is 19.6. The van der Waals surface area contributed by atoms with E-state index in [2.05, 4.69) is 25.3 Å². The number of pyridine rings is 1. The summed E-state index contributed by atoms with van der Waals surface area (Å²) in [5, 5.41) is 3.16. The number of hydrogen-bond acceptors (Lipinski definition) is 9. The third kappa shape index (κ3) is 4.14. The second kappa shape index (κ2) is 9.15. The molecule has 3 heterocycles. The number of amidine groups is 1. The summed E-state index contributed by atoms with van der Waals surface area (Å²) in [7, 11) is 1.58. The van der Waals surface area contributed by atoms with Crippen molar-refractivity contribution in [3.8, 4) is 5.88 Å². The minimum Gasteiger partial charge on any atom is -0.474 e. The number of alkyl halides is 2. The number of thioether (sulfide) groups is 1. The molecule has 5 rings (SSSR count). The maximum atomic E-state index is 15.0. The molecule has 3 aromatic rings. The van der Waals surface area contributed by atoms with E-state index in [1.54, 1.807) is 19.4 Å². The number of nitrogens with two attached hydrogens (primary N) is 1. The summed E-state index contributed by atoms with van der Waals surface area (Å²) >= 11 is 1.10. The van der Waals surface area contributed by atoms with E-state index >= 15 is 4.39 Å². The number of nitrogens with one attached hydrogen (secondary N) is 1.